The molecule has 0 amide bonds. The molecule has 0 aliphatic heterocycles. The smallest absolute Gasteiger partial charge is 0.274 e. The minimum atomic E-state index is -0.162. The second-order valence-electron chi connectivity index (χ2n) is 5.75. The molecule has 0 aliphatic rings. The number of fused-ring (bicyclic) bond motifs is 1. The summed E-state index contributed by atoms with van der Waals surface area (Å²) in [5, 5.41) is 8.91. The van der Waals surface area contributed by atoms with Crippen LogP contribution in [0.25, 0.3) is 10.8 Å². The van der Waals surface area contributed by atoms with Crippen LogP contribution in [0.2, 0.25) is 0 Å². The highest BCUT2D eigenvalue weighted by Crippen LogP contribution is 2.32. The molecule has 0 aliphatic carbocycles. The molecule has 1 N–H and O–H groups in total. The molecule has 0 saturated carbocycles. The van der Waals surface area contributed by atoms with E-state index in [1.165, 1.54) is 4.68 Å². The summed E-state index contributed by atoms with van der Waals surface area (Å²) in [5.41, 5.74) is 2.81. The van der Waals surface area contributed by atoms with E-state index in [1.807, 2.05) is 37.4 Å². The average molecular weight is 376 g/mol. The van der Waals surface area contributed by atoms with E-state index in [-0.39, 0.29) is 18.0 Å². The van der Waals surface area contributed by atoms with E-state index in [1.54, 1.807) is 27.3 Å². The fourth-order valence-corrected chi connectivity index (χ4v) is 2.86. The van der Waals surface area contributed by atoms with Crippen molar-refractivity contribution in [1.29, 1.82) is 0 Å². The third-order valence-electron chi connectivity index (χ3n) is 4.24. The molecule has 0 spiro atoms. The summed E-state index contributed by atoms with van der Waals surface area (Å²) in [6, 6.07) is 11.7. The lowest BCUT2D eigenvalue weighted by atomic mass is 10.0. The summed E-state index contributed by atoms with van der Waals surface area (Å²) in [4.78, 5) is 12.5. The van der Waals surface area contributed by atoms with Crippen LogP contribution < -0.4 is 20.3 Å². The zero-order chi connectivity index (χ0) is 18.0. The van der Waals surface area contributed by atoms with Gasteiger partial charge in [-0.15, -0.1) is 12.4 Å². The number of nitrogens with zero attached hydrogens (tertiary/aromatic N) is 2. The van der Waals surface area contributed by atoms with E-state index in [0.29, 0.717) is 23.3 Å². The zero-order valence-corrected chi connectivity index (χ0v) is 16.0. The van der Waals surface area contributed by atoms with Gasteiger partial charge in [0, 0.05) is 31.6 Å². The van der Waals surface area contributed by atoms with Crippen molar-refractivity contribution in [2.24, 2.45) is 7.05 Å². The fraction of sp³-hybridized carbons (Fsp3) is 0.263. The van der Waals surface area contributed by atoms with Crippen molar-refractivity contribution in [2.75, 3.05) is 26.6 Å². The number of methoxy groups -OCH3 is 2. The fourth-order valence-electron chi connectivity index (χ4n) is 2.86. The van der Waals surface area contributed by atoms with Crippen LogP contribution in [0.1, 0.15) is 11.3 Å². The predicted octanol–water partition coefficient (Wildman–Crippen LogP) is 3.01. The third-order valence-corrected chi connectivity index (χ3v) is 4.24. The molecule has 138 valence electrons. The van der Waals surface area contributed by atoms with Gasteiger partial charge in [0.1, 0.15) is 0 Å². The number of hydrogen-bond acceptors (Lipinski definition) is 5. The van der Waals surface area contributed by atoms with E-state index in [4.69, 9.17) is 9.47 Å². The molecule has 6 nitrogen and oxygen atoms in total. The van der Waals surface area contributed by atoms with Crippen molar-refractivity contribution in [3.63, 3.8) is 0 Å². The Morgan fingerprint density at radius 1 is 1.04 bits per heavy atom. The molecule has 26 heavy (non-hydrogen) atoms. The predicted molar refractivity (Wildman–Crippen MR) is 106 cm³/mol. The Hall–Kier alpha value is -2.73. The number of rotatable bonds is 5. The Morgan fingerprint density at radius 2 is 1.62 bits per heavy atom. The van der Waals surface area contributed by atoms with Gasteiger partial charge in [-0.25, -0.2) is 4.68 Å². The Kier molecular flexibility index (Phi) is 6.10. The van der Waals surface area contributed by atoms with E-state index < -0.39 is 0 Å². The Labute approximate surface area is 158 Å². The van der Waals surface area contributed by atoms with Crippen molar-refractivity contribution in [2.45, 2.75) is 6.42 Å². The minimum Gasteiger partial charge on any atom is -0.493 e. The van der Waals surface area contributed by atoms with Crippen molar-refractivity contribution in [3.05, 3.63) is 58.0 Å². The lowest BCUT2D eigenvalue weighted by Crippen LogP contribution is -2.21. The highest BCUT2D eigenvalue weighted by atomic mass is 35.5. The summed E-state index contributed by atoms with van der Waals surface area (Å²) in [6.45, 7) is 0. The van der Waals surface area contributed by atoms with Gasteiger partial charge in [-0.05, 0) is 29.8 Å². The van der Waals surface area contributed by atoms with Gasteiger partial charge in [0.2, 0.25) is 0 Å². The molecule has 0 bridgehead atoms. The first kappa shape index (κ1) is 19.6. The highest BCUT2D eigenvalue weighted by Gasteiger charge is 2.14. The summed E-state index contributed by atoms with van der Waals surface area (Å²) >= 11 is 0. The van der Waals surface area contributed by atoms with Crippen LogP contribution in [0, 0.1) is 0 Å². The maximum absolute atomic E-state index is 12.5. The van der Waals surface area contributed by atoms with Crippen LogP contribution in [0.5, 0.6) is 11.5 Å². The molecule has 3 rings (SSSR count). The van der Waals surface area contributed by atoms with Crippen LogP contribution in [0.15, 0.2) is 41.2 Å². The van der Waals surface area contributed by atoms with E-state index in [9.17, 15) is 4.79 Å². The first-order chi connectivity index (χ1) is 12.1. The molecular formula is C19H22ClN3O3. The van der Waals surface area contributed by atoms with Gasteiger partial charge >= 0.3 is 0 Å². The van der Waals surface area contributed by atoms with Gasteiger partial charge in [-0.2, -0.15) is 5.10 Å². The Balaban J connectivity index is 0.00000243. The normalized spacial score (nSPS) is 10.3. The van der Waals surface area contributed by atoms with Crippen LogP contribution >= 0.6 is 12.4 Å². The molecule has 3 aromatic rings. The number of nitrogens with one attached hydrogen (secondary N) is 1. The lowest BCUT2D eigenvalue weighted by molar-refractivity contribution is 0.355. The van der Waals surface area contributed by atoms with E-state index in [0.717, 1.165) is 22.3 Å². The average Bonchev–Trinajstić information content (AvgIpc) is 2.65. The highest BCUT2D eigenvalue weighted by molar-refractivity contribution is 5.87. The quantitative estimate of drug-likeness (QED) is 0.742. The molecular weight excluding hydrogens is 354 g/mol. The third kappa shape index (κ3) is 3.60. The van der Waals surface area contributed by atoms with Gasteiger partial charge in [-0.1, -0.05) is 12.1 Å². The van der Waals surface area contributed by atoms with Crippen LogP contribution in [-0.4, -0.2) is 31.0 Å². The molecule has 1 aromatic heterocycles. The number of hydrogen-bond donors (Lipinski definition) is 1. The number of aromatic nitrogens is 2. The van der Waals surface area contributed by atoms with Crippen molar-refractivity contribution < 1.29 is 9.47 Å². The van der Waals surface area contributed by atoms with Gasteiger partial charge in [0.15, 0.2) is 11.5 Å². The molecule has 0 fully saturated rings. The van der Waals surface area contributed by atoms with E-state index >= 15 is 0 Å². The van der Waals surface area contributed by atoms with Crippen molar-refractivity contribution >= 4 is 28.9 Å². The van der Waals surface area contributed by atoms with Gasteiger partial charge < -0.3 is 14.8 Å². The summed E-state index contributed by atoms with van der Waals surface area (Å²) < 4.78 is 12.1. The molecule has 1 heterocycles. The first-order valence-corrected chi connectivity index (χ1v) is 7.96. The van der Waals surface area contributed by atoms with Gasteiger partial charge in [0.25, 0.3) is 5.56 Å². The summed E-state index contributed by atoms with van der Waals surface area (Å²) in [7, 11) is 6.68. The topological polar surface area (TPSA) is 65.4 Å². The van der Waals surface area contributed by atoms with Crippen LogP contribution in [-0.2, 0) is 13.5 Å². The number of aryl methyl sites for hydroxylation is 1. The summed E-state index contributed by atoms with van der Waals surface area (Å²) in [5.74, 6) is 1.11. The summed E-state index contributed by atoms with van der Waals surface area (Å²) in [6.07, 6.45) is 0.615. The Morgan fingerprint density at radius 3 is 2.15 bits per heavy atom. The van der Waals surface area contributed by atoms with E-state index in [2.05, 4.69) is 10.4 Å². The second-order valence-corrected chi connectivity index (χ2v) is 5.75. The Bertz CT molecular complexity index is 968. The molecule has 0 unspecified atom stereocenters. The standard InChI is InChI=1S/C19H21N3O3.ClH/c1-20-13-7-5-12(6-8-13)9-16-14-10-17(24-3)18(25-4)11-15(14)19(23)22(2)21-16;/h5-8,10-11,20H,9H2,1-4H3;1H. The number of benzene rings is 2. The largest absolute Gasteiger partial charge is 0.493 e. The maximum Gasteiger partial charge on any atom is 0.274 e. The van der Waals surface area contributed by atoms with Gasteiger partial charge in [-0.3, -0.25) is 4.79 Å². The number of ether oxygens (including phenoxy) is 2. The molecule has 7 heteroatoms. The monoisotopic (exact) mass is 375 g/mol. The number of anilines is 1. The minimum absolute atomic E-state index is 0. The molecule has 0 atom stereocenters. The molecule has 0 saturated heterocycles. The second kappa shape index (κ2) is 8.10. The van der Waals surface area contributed by atoms with Gasteiger partial charge in [0.05, 0.1) is 25.3 Å². The molecule has 0 radical (unpaired) electrons. The zero-order valence-electron chi connectivity index (χ0n) is 15.2. The SMILES string of the molecule is CNc1ccc(Cc2nn(C)c(=O)c3cc(OC)c(OC)cc23)cc1.Cl. The first-order valence-electron chi connectivity index (χ1n) is 7.96. The van der Waals surface area contributed by atoms with Crippen LogP contribution in [0.4, 0.5) is 5.69 Å². The van der Waals surface area contributed by atoms with Crippen LogP contribution in [0.3, 0.4) is 0 Å². The van der Waals surface area contributed by atoms with Crippen molar-refractivity contribution in [3.8, 4) is 11.5 Å². The number of halogens is 1. The van der Waals surface area contributed by atoms with Crippen molar-refractivity contribution in [1.82, 2.24) is 9.78 Å². The lowest BCUT2D eigenvalue weighted by Gasteiger charge is -2.13. The molecule has 2 aromatic carbocycles. The maximum atomic E-state index is 12.5.